The van der Waals surface area contributed by atoms with E-state index in [0.29, 0.717) is 11.3 Å². The molecule has 1 aromatic carbocycles. The Hall–Kier alpha value is -1.64. The summed E-state index contributed by atoms with van der Waals surface area (Å²) in [4.78, 5) is 11.7. The number of rotatable bonds is 2. The number of halogens is 1. The Balaban J connectivity index is 2.22. The van der Waals surface area contributed by atoms with Gasteiger partial charge >= 0.3 is 0 Å². The number of benzene rings is 1. The van der Waals surface area contributed by atoms with E-state index in [0.717, 1.165) is 13.0 Å². The maximum Gasteiger partial charge on any atom is 0.208 e. The van der Waals surface area contributed by atoms with Crippen LogP contribution in [-0.2, 0) is 0 Å². The Bertz CT molecular complexity index is 381. The summed E-state index contributed by atoms with van der Waals surface area (Å²) >= 11 is 0. The molecule has 0 spiro atoms. The molecule has 1 N–H and O–H groups in total. The molecule has 0 aliphatic carbocycles. The summed E-state index contributed by atoms with van der Waals surface area (Å²) in [5, 5.41) is 2.99. The maximum absolute atomic E-state index is 12.6. The Labute approximate surface area is 81.4 Å². The summed E-state index contributed by atoms with van der Waals surface area (Å²) in [6.07, 6.45) is 2.74. The molecule has 0 fully saturated rings. The van der Waals surface area contributed by atoms with E-state index in [9.17, 15) is 9.18 Å². The quantitative estimate of drug-likeness (QED) is 0.723. The number of Topliss-reactive ketones (excluding diaryl/α,β-unsaturated/α-hetero) is 1. The van der Waals surface area contributed by atoms with Gasteiger partial charge in [0.2, 0.25) is 5.78 Å². The summed E-state index contributed by atoms with van der Waals surface area (Å²) < 4.78 is 12.6. The van der Waals surface area contributed by atoms with Crippen LogP contribution in [0.25, 0.3) is 0 Å². The Morgan fingerprint density at radius 2 is 2.00 bits per heavy atom. The number of allylic oxidation sites excluding steroid dienone is 1. The monoisotopic (exact) mass is 191 g/mol. The summed E-state index contributed by atoms with van der Waals surface area (Å²) in [7, 11) is 0. The van der Waals surface area contributed by atoms with Gasteiger partial charge in [-0.25, -0.2) is 4.39 Å². The molecule has 1 heterocycles. The van der Waals surface area contributed by atoms with Crippen LogP contribution < -0.4 is 5.32 Å². The highest BCUT2D eigenvalue weighted by atomic mass is 19.1. The van der Waals surface area contributed by atoms with E-state index in [1.165, 1.54) is 24.3 Å². The number of nitrogens with one attached hydrogen (secondary N) is 1. The summed E-state index contributed by atoms with van der Waals surface area (Å²) in [5.74, 6) is -0.391. The van der Waals surface area contributed by atoms with Gasteiger partial charge in [-0.05, 0) is 30.7 Å². The van der Waals surface area contributed by atoms with Crippen molar-refractivity contribution in [3.8, 4) is 0 Å². The van der Waals surface area contributed by atoms with Crippen molar-refractivity contribution < 1.29 is 9.18 Å². The normalized spacial score (nSPS) is 14.8. The molecule has 0 saturated carbocycles. The minimum Gasteiger partial charge on any atom is -0.382 e. The van der Waals surface area contributed by atoms with Crippen LogP contribution in [0.1, 0.15) is 16.8 Å². The molecule has 1 aromatic rings. The molecular weight excluding hydrogens is 181 g/mol. The van der Waals surface area contributed by atoms with Crippen LogP contribution in [0.15, 0.2) is 36.0 Å². The first-order valence-electron chi connectivity index (χ1n) is 4.51. The van der Waals surface area contributed by atoms with E-state index < -0.39 is 0 Å². The Morgan fingerprint density at radius 3 is 2.57 bits per heavy atom. The number of carbonyl (C=O) groups excluding carboxylic acids is 1. The molecule has 0 bridgehead atoms. The molecule has 14 heavy (non-hydrogen) atoms. The van der Waals surface area contributed by atoms with Crippen molar-refractivity contribution in [1.82, 2.24) is 5.32 Å². The van der Waals surface area contributed by atoms with Gasteiger partial charge in [-0.15, -0.1) is 0 Å². The van der Waals surface area contributed by atoms with E-state index in [-0.39, 0.29) is 11.6 Å². The SMILES string of the molecule is O=C(C1=CCCN1)c1ccc(F)cc1. The van der Waals surface area contributed by atoms with Gasteiger partial charge in [0.15, 0.2) is 0 Å². The van der Waals surface area contributed by atoms with Crippen LogP contribution in [-0.4, -0.2) is 12.3 Å². The van der Waals surface area contributed by atoms with Crippen LogP contribution in [0.5, 0.6) is 0 Å². The van der Waals surface area contributed by atoms with Crippen molar-refractivity contribution in [2.24, 2.45) is 0 Å². The third-order valence-corrected chi connectivity index (χ3v) is 2.16. The third-order valence-electron chi connectivity index (χ3n) is 2.16. The van der Waals surface area contributed by atoms with E-state index >= 15 is 0 Å². The minimum atomic E-state index is -0.324. The number of hydrogen-bond acceptors (Lipinski definition) is 2. The Kier molecular flexibility index (Phi) is 2.31. The topological polar surface area (TPSA) is 29.1 Å². The first-order chi connectivity index (χ1) is 6.77. The van der Waals surface area contributed by atoms with E-state index in [1.807, 2.05) is 6.08 Å². The third kappa shape index (κ3) is 1.66. The van der Waals surface area contributed by atoms with Crippen LogP contribution in [0.3, 0.4) is 0 Å². The maximum atomic E-state index is 12.6. The average Bonchev–Trinajstić information content (AvgIpc) is 2.71. The van der Waals surface area contributed by atoms with Crippen LogP contribution >= 0.6 is 0 Å². The highest BCUT2D eigenvalue weighted by Gasteiger charge is 2.14. The lowest BCUT2D eigenvalue weighted by molar-refractivity contribution is 0.102. The molecule has 0 amide bonds. The highest BCUT2D eigenvalue weighted by molar-refractivity contribution is 6.08. The molecule has 0 atom stereocenters. The molecule has 2 nitrogen and oxygen atoms in total. The van der Waals surface area contributed by atoms with Crippen molar-refractivity contribution in [3.63, 3.8) is 0 Å². The van der Waals surface area contributed by atoms with Gasteiger partial charge in [-0.2, -0.15) is 0 Å². The zero-order chi connectivity index (χ0) is 9.97. The predicted molar refractivity (Wildman–Crippen MR) is 51.4 cm³/mol. The van der Waals surface area contributed by atoms with Gasteiger partial charge in [0.05, 0.1) is 5.70 Å². The molecule has 0 saturated heterocycles. The summed E-state index contributed by atoms with van der Waals surface area (Å²) in [6.45, 7) is 0.808. The van der Waals surface area contributed by atoms with E-state index in [2.05, 4.69) is 5.32 Å². The number of hydrogen-bond donors (Lipinski definition) is 1. The molecule has 2 rings (SSSR count). The zero-order valence-electron chi connectivity index (χ0n) is 7.59. The molecule has 0 unspecified atom stereocenters. The second-order valence-electron chi connectivity index (χ2n) is 3.17. The number of carbonyl (C=O) groups is 1. The molecular formula is C11H10FNO. The van der Waals surface area contributed by atoms with Gasteiger partial charge in [0, 0.05) is 12.1 Å². The zero-order valence-corrected chi connectivity index (χ0v) is 7.59. The second-order valence-corrected chi connectivity index (χ2v) is 3.17. The average molecular weight is 191 g/mol. The standard InChI is InChI=1S/C11H10FNO/c12-9-5-3-8(4-6-9)11(14)10-2-1-7-13-10/h2-6,13H,1,7H2. The fourth-order valence-corrected chi connectivity index (χ4v) is 1.43. The molecule has 0 radical (unpaired) electrons. The molecule has 1 aliphatic heterocycles. The van der Waals surface area contributed by atoms with Crippen molar-refractivity contribution >= 4 is 5.78 Å². The molecule has 0 aromatic heterocycles. The lowest BCUT2D eigenvalue weighted by atomic mass is 10.1. The second kappa shape index (κ2) is 3.62. The largest absolute Gasteiger partial charge is 0.382 e. The fraction of sp³-hybridized carbons (Fsp3) is 0.182. The summed E-state index contributed by atoms with van der Waals surface area (Å²) in [5.41, 5.74) is 1.14. The predicted octanol–water partition coefficient (Wildman–Crippen LogP) is 1.89. The fourth-order valence-electron chi connectivity index (χ4n) is 1.43. The molecule has 72 valence electrons. The van der Waals surface area contributed by atoms with E-state index in [1.54, 1.807) is 0 Å². The first kappa shape index (κ1) is 8.94. The summed E-state index contributed by atoms with van der Waals surface area (Å²) in [6, 6.07) is 5.59. The molecule has 1 aliphatic rings. The van der Waals surface area contributed by atoms with Gasteiger partial charge < -0.3 is 5.32 Å². The van der Waals surface area contributed by atoms with Crippen LogP contribution in [0.2, 0.25) is 0 Å². The molecule has 3 heteroatoms. The highest BCUT2D eigenvalue weighted by Crippen LogP contribution is 2.11. The van der Waals surface area contributed by atoms with Crippen molar-refractivity contribution in [2.45, 2.75) is 6.42 Å². The van der Waals surface area contributed by atoms with Gasteiger partial charge in [-0.1, -0.05) is 6.08 Å². The number of ketones is 1. The van der Waals surface area contributed by atoms with Crippen LogP contribution in [0.4, 0.5) is 4.39 Å². The first-order valence-corrected chi connectivity index (χ1v) is 4.51. The lowest BCUT2D eigenvalue weighted by Gasteiger charge is -2.02. The van der Waals surface area contributed by atoms with E-state index in [4.69, 9.17) is 0 Å². The van der Waals surface area contributed by atoms with Gasteiger partial charge in [0.25, 0.3) is 0 Å². The van der Waals surface area contributed by atoms with Gasteiger partial charge in [-0.3, -0.25) is 4.79 Å². The Morgan fingerprint density at radius 1 is 1.29 bits per heavy atom. The minimum absolute atomic E-state index is 0.0671. The van der Waals surface area contributed by atoms with Crippen LogP contribution in [0, 0.1) is 5.82 Å². The van der Waals surface area contributed by atoms with Crippen molar-refractivity contribution in [2.75, 3.05) is 6.54 Å². The van der Waals surface area contributed by atoms with Crippen molar-refractivity contribution in [3.05, 3.63) is 47.4 Å². The van der Waals surface area contributed by atoms with Crippen molar-refractivity contribution in [1.29, 1.82) is 0 Å². The smallest absolute Gasteiger partial charge is 0.208 e. The van der Waals surface area contributed by atoms with Gasteiger partial charge in [0.1, 0.15) is 5.82 Å². The lowest BCUT2D eigenvalue weighted by Crippen LogP contribution is -2.16.